The zero-order valence-electron chi connectivity index (χ0n) is 21.5. The van der Waals surface area contributed by atoms with Gasteiger partial charge in [0, 0.05) is 11.1 Å². The number of ether oxygens (including phenoxy) is 2. The van der Waals surface area contributed by atoms with Crippen molar-refractivity contribution in [3.8, 4) is 33.8 Å². The summed E-state index contributed by atoms with van der Waals surface area (Å²) in [5.74, 6) is 2.68. The number of carbonyl (C=O) groups excluding carboxylic acids is 1. The van der Waals surface area contributed by atoms with Gasteiger partial charge in [0.1, 0.15) is 11.5 Å². The Kier molecular flexibility index (Phi) is 8.22. The zero-order valence-corrected chi connectivity index (χ0v) is 21.5. The van der Waals surface area contributed by atoms with Crippen LogP contribution in [0.4, 0.5) is 0 Å². The van der Waals surface area contributed by atoms with Crippen molar-refractivity contribution in [3.63, 3.8) is 0 Å². The van der Waals surface area contributed by atoms with Gasteiger partial charge in [0.05, 0.1) is 13.2 Å². The van der Waals surface area contributed by atoms with E-state index in [1.165, 1.54) is 0 Å². The van der Waals surface area contributed by atoms with Gasteiger partial charge in [0.2, 0.25) is 0 Å². The van der Waals surface area contributed by atoms with Crippen LogP contribution in [-0.4, -0.2) is 19.0 Å². The molecular weight excluding hydrogens is 444 g/mol. The molecule has 0 aliphatic rings. The molecule has 0 amide bonds. The molecule has 3 nitrogen and oxygen atoms in total. The van der Waals surface area contributed by atoms with E-state index < -0.39 is 0 Å². The summed E-state index contributed by atoms with van der Waals surface area (Å²) < 4.78 is 11.7. The summed E-state index contributed by atoms with van der Waals surface area (Å²) in [7, 11) is 0. The number of hydrogen-bond donors (Lipinski definition) is 0. The lowest BCUT2D eigenvalue weighted by Crippen LogP contribution is -2.04. The molecule has 0 aliphatic carbocycles. The molecule has 0 bridgehead atoms. The van der Waals surface area contributed by atoms with Crippen molar-refractivity contribution in [1.82, 2.24) is 0 Å². The first kappa shape index (κ1) is 25.2. The molecule has 0 N–H and O–H groups in total. The van der Waals surface area contributed by atoms with Crippen LogP contribution in [0.3, 0.4) is 0 Å². The Balaban J connectivity index is 1.45. The van der Waals surface area contributed by atoms with Crippen molar-refractivity contribution >= 4 is 5.78 Å². The maximum atomic E-state index is 13.1. The van der Waals surface area contributed by atoms with Gasteiger partial charge < -0.3 is 9.47 Å². The summed E-state index contributed by atoms with van der Waals surface area (Å²) in [6.45, 7) is 9.91. The highest BCUT2D eigenvalue weighted by Crippen LogP contribution is 2.27. The summed E-state index contributed by atoms with van der Waals surface area (Å²) in [5.41, 5.74) is 5.58. The number of carbonyl (C=O) groups is 1. The van der Waals surface area contributed by atoms with Gasteiger partial charge in [0.15, 0.2) is 5.78 Å². The fourth-order valence-corrected chi connectivity index (χ4v) is 3.85. The Bertz CT molecular complexity index is 1180. The van der Waals surface area contributed by atoms with Crippen LogP contribution in [0.5, 0.6) is 11.5 Å². The topological polar surface area (TPSA) is 35.5 Å². The lowest BCUT2D eigenvalue weighted by molar-refractivity contribution is 0.103. The SMILES string of the molecule is CC(C)COc1cccc(-c2ccc(C(=O)c3ccc(-c4cccc(OCC(C)C)c4)cc3)cc2)c1. The lowest BCUT2D eigenvalue weighted by Gasteiger charge is -2.11. The van der Waals surface area contributed by atoms with E-state index >= 15 is 0 Å². The van der Waals surface area contributed by atoms with E-state index in [4.69, 9.17) is 9.47 Å². The first-order valence-electron chi connectivity index (χ1n) is 12.6. The lowest BCUT2D eigenvalue weighted by atomic mass is 9.97. The van der Waals surface area contributed by atoms with Crippen LogP contribution in [-0.2, 0) is 0 Å². The van der Waals surface area contributed by atoms with Gasteiger partial charge in [-0.2, -0.15) is 0 Å². The van der Waals surface area contributed by atoms with Crippen molar-refractivity contribution < 1.29 is 14.3 Å². The van der Waals surface area contributed by atoms with Crippen LogP contribution in [0.1, 0.15) is 43.6 Å². The molecule has 4 aromatic rings. The third-order valence-corrected chi connectivity index (χ3v) is 5.80. The van der Waals surface area contributed by atoms with Crippen molar-refractivity contribution in [1.29, 1.82) is 0 Å². The Hall–Kier alpha value is -3.85. The zero-order chi connectivity index (χ0) is 25.5. The van der Waals surface area contributed by atoms with Crippen LogP contribution in [0.15, 0.2) is 97.1 Å². The minimum atomic E-state index is 0.0103. The van der Waals surface area contributed by atoms with Gasteiger partial charge in [-0.1, -0.05) is 100 Å². The standard InChI is InChI=1S/C33H34O3/c1-23(2)21-35-31-9-5-7-29(19-31)25-11-15-27(16-12-25)33(34)28-17-13-26(14-18-28)30-8-6-10-32(20-30)36-22-24(3)4/h5-20,23-24H,21-22H2,1-4H3. The van der Waals surface area contributed by atoms with Crippen LogP contribution < -0.4 is 9.47 Å². The summed E-state index contributed by atoms with van der Waals surface area (Å²) in [5, 5.41) is 0. The van der Waals surface area contributed by atoms with Gasteiger partial charge in [-0.05, 0) is 58.4 Å². The Morgan fingerprint density at radius 1 is 0.556 bits per heavy atom. The Morgan fingerprint density at radius 2 is 0.944 bits per heavy atom. The highest BCUT2D eigenvalue weighted by atomic mass is 16.5. The van der Waals surface area contributed by atoms with Gasteiger partial charge >= 0.3 is 0 Å². The minimum Gasteiger partial charge on any atom is -0.493 e. The average molecular weight is 479 g/mol. The molecule has 0 spiro atoms. The number of hydrogen-bond acceptors (Lipinski definition) is 3. The number of ketones is 1. The molecule has 0 aliphatic heterocycles. The van der Waals surface area contributed by atoms with E-state index in [0.29, 0.717) is 36.2 Å². The normalized spacial score (nSPS) is 11.1. The van der Waals surface area contributed by atoms with E-state index in [-0.39, 0.29) is 5.78 Å². The molecule has 4 aromatic carbocycles. The maximum absolute atomic E-state index is 13.1. The maximum Gasteiger partial charge on any atom is 0.193 e. The molecule has 0 heterocycles. The van der Waals surface area contributed by atoms with E-state index in [1.54, 1.807) is 0 Å². The van der Waals surface area contributed by atoms with Crippen molar-refractivity contribution in [2.45, 2.75) is 27.7 Å². The molecule has 0 fully saturated rings. The van der Waals surface area contributed by atoms with Crippen LogP contribution in [0, 0.1) is 11.8 Å². The fourth-order valence-electron chi connectivity index (χ4n) is 3.85. The fraction of sp³-hybridized carbons (Fsp3) is 0.242. The molecule has 0 saturated carbocycles. The highest BCUT2D eigenvalue weighted by molar-refractivity contribution is 6.09. The molecule has 0 radical (unpaired) electrons. The van der Waals surface area contributed by atoms with Crippen LogP contribution in [0.2, 0.25) is 0 Å². The first-order chi connectivity index (χ1) is 17.4. The molecule has 0 unspecified atom stereocenters. The van der Waals surface area contributed by atoms with Crippen molar-refractivity contribution in [3.05, 3.63) is 108 Å². The predicted octanol–water partition coefficient (Wildman–Crippen LogP) is 8.32. The van der Waals surface area contributed by atoms with E-state index in [0.717, 1.165) is 33.8 Å². The molecular formula is C33H34O3. The first-order valence-corrected chi connectivity index (χ1v) is 12.6. The minimum absolute atomic E-state index is 0.0103. The number of rotatable bonds is 10. The summed E-state index contributed by atoms with van der Waals surface area (Å²) in [4.78, 5) is 13.1. The van der Waals surface area contributed by atoms with Crippen molar-refractivity contribution in [2.24, 2.45) is 11.8 Å². The summed E-state index contributed by atoms with van der Waals surface area (Å²) in [6, 6.07) is 31.7. The summed E-state index contributed by atoms with van der Waals surface area (Å²) >= 11 is 0. The molecule has 36 heavy (non-hydrogen) atoms. The van der Waals surface area contributed by atoms with Gasteiger partial charge in [0.25, 0.3) is 0 Å². The van der Waals surface area contributed by atoms with Crippen LogP contribution >= 0.6 is 0 Å². The third kappa shape index (κ3) is 6.63. The van der Waals surface area contributed by atoms with Crippen molar-refractivity contribution in [2.75, 3.05) is 13.2 Å². The Morgan fingerprint density at radius 3 is 1.31 bits per heavy atom. The monoisotopic (exact) mass is 478 g/mol. The van der Waals surface area contributed by atoms with E-state index in [2.05, 4.69) is 39.8 Å². The molecule has 0 aromatic heterocycles. The molecule has 4 rings (SSSR count). The average Bonchev–Trinajstić information content (AvgIpc) is 2.91. The summed E-state index contributed by atoms with van der Waals surface area (Å²) in [6.07, 6.45) is 0. The molecule has 0 atom stereocenters. The quantitative estimate of drug-likeness (QED) is 0.215. The predicted molar refractivity (Wildman–Crippen MR) is 148 cm³/mol. The Labute approximate surface area is 214 Å². The van der Waals surface area contributed by atoms with E-state index in [9.17, 15) is 4.79 Å². The highest BCUT2D eigenvalue weighted by Gasteiger charge is 2.11. The van der Waals surface area contributed by atoms with Gasteiger partial charge in [-0.25, -0.2) is 0 Å². The molecule has 184 valence electrons. The van der Waals surface area contributed by atoms with E-state index in [1.807, 2.05) is 84.9 Å². The second-order valence-electron chi connectivity index (χ2n) is 9.95. The number of benzene rings is 4. The third-order valence-electron chi connectivity index (χ3n) is 5.80. The molecule has 3 heteroatoms. The largest absolute Gasteiger partial charge is 0.493 e. The smallest absolute Gasteiger partial charge is 0.193 e. The second kappa shape index (κ2) is 11.7. The van der Waals surface area contributed by atoms with Gasteiger partial charge in [-0.3, -0.25) is 4.79 Å². The molecule has 0 saturated heterocycles. The van der Waals surface area contributed by atoms with Gasteiger partial charge in [-0.15, -0.1) is 0 Å². The second-order valence-corrected chi connectivity index (χ2v) is 9.95. The van der Waals surface area contributed by atoms with Crippen LogP contribution in [0.25, 0.3) is 22.3 Å².